The van der Waals surface area contributed by atoms with Gasteiger partial charge in [-0.05, 0) is 12.5 Å². The number of nitrogens with zero attached hydrogens (tertiary/aromatic N) is 1. The lowest BCUT2D eigenvalue weighted by Crippen LogP contribution is -2.15. The summed E-state index contributed by atoms with van der Waals surface area (Å²) in [7, 11) is 1.24. The van der Waals surface area contributed by atoms with Crippen molar-refractivity contribution in [3.8, 4) is 5.88 Å². The Morgan fingerprint density at radius 2 is 2.22 bits per heavy atom. The molecule has 7 heteroatoms. The van der Waals surface area contributed by atoms with Crippen LogP contribution in [0.25, 0.3) is 0 Å². The van der Waals surface area contributed by atoms with Crippen molar-refractivity contribution in [3.63, 3.8) is 0 Å². The maximum atomic E-state index is 13.0. The fourth-order valence-corrected chi connectivity index (χ4v) is 1.51. The molecule has 0 radical (unpaired) electrons. The first-order chi connectivity index (χ1) is 8.56. The van der Waals surface area contributed by atoms with Crippen molar-refractivity contribution in [1.82, 2.24) is 4.98 Å². The molecule has 5 nitrogen and oxygen atoms in total. The number of esters is 1. The first kappa shape index (κ1) is 14.3. The van der Waals surface area contributed by atoms with E-state index in [0.717, 1.165) is 0 Å². The molecule has 0 unspecified atom stereocenters. The third kappa shape index (κ3) is 2.73. The van der Waals surface area contributed by atoms with Crippen LogP contribution in [0.5, 0.6) is 5.88 Å². The number of nitrogens with two attached hydrogens (primary N) is 1. The summed E-state index contributed by atoms with van der Waals surface area (Å²) in [5, 5.41) is 0. The number of alkyl halides is 2. The van der Waals surface area contributed by atoms with Gasteiger partial charge < -0.3 is 15.2 Å². The van der Waals surface area contributed by atoms with Crippen molar-refractivity contribution in [3.05, 3.63) is 22.9 Å². The number of hydrogen-bond donors (Lipinski definition) is 1. The maximum absolute atomic E-state index is 13.0. The number of carbonyl (C=O) groups is 1. The van der Waals surface area contributed by atoms with Gasteiger partial charge in [-0.15, -0.1) is 0 Å². The Kier molecular flexibility index (Phi) is 4.96. The topological polar surface area (TPSA) is 74.4 Å². The molecule has 0 fully saturated rings. The minimum Gasteiger partial charge on any atom is -0.480 e. The van der Waals surface area contributed by atoms with Crippen molar-refractivity contribution in [2.24, 2.45) is 5.73 Å². The van der Waals surface area contributed by atoms with Crippen molar-refractivity contribution >= 4 is 5.97 Å². The van der Waals surface area contributed by atoms with Crippen molar-refractivity contribution < 1.29 is 23.0 Å². The zero-order valence-electron chi connectivity index (χ0n) is 10.1. The molecule has 0 saturated heterocycles. The molecule has 1 rings (SSSR count). The van der Waals surface area contributed by atoms with E-state index >= 15 is 0 Å². The average molecular weight is 260 g/mol. The van der Waals surface area contributed by atoms with Crippen LogP contribution >= 0.6 is 0 Å². The molecule has 2 N–H and O–H groups in total. The van der Waals surface area contributed by atoms with Gasteiger partial charge in [-0.3, -0.25) is 0 Å². The van der Waals surface area contributed by atoms with Gasteiger partial charge in [0.15, 0.2) is 0 Å². The molecule has 0 aliphatic heterocycles. The first-order valence-corrected chi connectivity index (χ1v) is 5.27. The van der Waals surface area contributed by atoms with Gasteiger partial charge >= 0.3 is 5.97 Å². The Balaban J connectivity index is 3.45. The van der Waals surface area contributed by atoms with E-state index in [0.29, 0.717) is 0 Å². The largest absolute Gasteiger partial charge is 0.480 e. The number of pyridine rings is 1. The Morgan fingerprint density at radius 3 is 2.67 bits per heavy atom. The van der Waals surface area contributed by atoms with Gasteiger partial charge in [-0.25, -0.2) is 18.6 Å². The normalized spacial score (nSPS) is 10.6. The highest BCUT2D eigenvalue weighted by molar-refractivity contribution is 5.94. The lowest BCUT2D eigenvalue weighted by Gasteiger charge is -2.14. The summed E-state index contributed by atoms with van der Waals surface area (Å²) in [6, 6.07) is 0. The summed E-state index contributed by atoms with van der Waals surface area (Å²) in [6.45, 7) is 1.49. The van der Waals surface area contributed by atoms with Crippen LogP contribution < -0.4 is 10.5 Å². The van der Waals surface area contributed by atoms with Crippen LogP contribution in [0.15, 0.2) is 6.20 Å². The molecule has 1 aromatic heterocycles. The molecule has 0 saturated carbocycles. The van der Waals surface area contributed by atoms with Crippen LogP contribution in [-0.4, -0.2) is 24.7 Å². The highest BCUT2D eigenvalue weighted by Gasteiger charge is 2.27. The number of halogens is 2. The Labute approximate surface area is 103 Å². The van der Waals surface area contributed by atoms with E-state index in [1.165, 1.54) is 13.3 Å². The Morgan fingerprint density at radius 1 is 1.56 bits per heavy atom. The molecule has 1 aromatic rings. The zero-order valence-corrected chi connectivity index (χ0v) is 10.1. The minimum absolute atomic E-state index is 0.0670. The van der Waals surface area contributed by atoms with E-state index in [1.807, 2.05) is 0 Å². The summed E-state index contributed by atoms with van der Waals surface area (Å²) >= 11 is 0. The number of methoxy groups -OCH3 is 1. The summed E-state index contributed by atoms with van der Waals surface area (Å²) in [5.74, 6) is -1.09. The first-order valence-electron chi connectivity index (χ1n) is 5.27. The molecule has 0 atom stereocenters. The second kappa shape index (κ2) is 6.25. The van der Waals surface area contributed by atoms with E-state index in [4.69, 9.17) is 15.2 Å². The summed E-state index contributed by atoms with van der Waals surface area (Å²) in [4.78, 5) is 15.5. The van der Waals surface area contributed by atoms with Crippen molar-refractivity contribution in [2.75, 3.05) is 13.7 Å². The Hall–Kier alpha value is -1.76. The lowest BCUT2D eigenvalue weighted by atomic mass is 10.0. The molecule has 18 heavy (non-hydrogen) atoms. The van der Waals surface area contributed by atoms with E-state index in [1.54, 1.807) is 6.92 Å². The third-order valence-electron chi connectivity index (χ3n) is 2.28. The second-order valence-electron chi connectivity index (χ2n) is 3.31. The van der Waals surface area contributed by atoms with E-state index in [9.17, 15) is 13.6 Å². The van der Waals surface area contributed by atoms with Crippen LogP contribution in [-0.2, 0) is 11.3 Å². The van der Waals surface area contributed by atoms with Crippen LogP contribution in [0, 0.1) is 0 Å². The third-order valence-corrected chi connectivity index (χ3v) is 2.28. The molecular formula is C11H14F2N2O3. The monoisotopic (exact) mass is 260 g/mol. The molecule has 0 aliphatic rings. The SMILES string of the molecule is CCOC(=O)c1c(OC)ncc(CN)c1C(F)F. The van der Waals surface area contributed by atoms with Crippen LogP contribution in [0.1, 0.15) is 34.8 Å². The van der Waals surface area contributed by atoms with Gasteiger partial charge in [0.25, 0.3) is 6.43 Å². The summed E-state index contributed by atoms with van der Waals surface area (Å²) in [6.07, 6.45) is -1.69. The molecule has 0 aliphatic carbocycles. The number of hydrogen-bond acceptors (Lipinski definition) is 5. The Bertz CT molecular complexity index is 439. The fraction of sp³-hybridized carbons (Fsp3) is 0.455. The summed E-state index contributed by atoms with van der Waals surface area (Å²) in [5.41, 5.74) is 4.60. The van der Waals surface area contributed by atoms with Crippen LogP contribution in [0.3, 0.4) is 0 Å². The van der Waals surface area contributed by atoms with Gasteiger partial charge in [-0.1, -0.05) is 0 Å². The zero-order chi connectivity index (χ0) is 13.7. The maximum Gasteiger partial charge on any atom is 0.344 e. The highest BCUT2D eigenvalue weighted by atomic mass is 19.3. The molecular weight excluding hydrogens is 246 g/mol. The standard InChI is InChI=1S/C11H14F2N2O3/c1-3-18-11(16)8-7(9(12)13)6(4-14)5-15-10(8)17-2/h5,9H,3-4,14H2,1-2H3. The van der Waals surface area contributed by atoms with Crippen LogP contribution in [0.4, 0.5) is 8.78 Å². The van der Waals surface area contributed by atoms with Gasteiger partial charge in [-0.2, -0.15) is 0 Å². The molecule has 0 aromatic carbocycles. The molecule has 0 spiro atoms. The second-order valence-corrected chi connectivity index (χ2v) is 3.31. The van der Waals surface area contributed by atoms with E-state index in [-0.39, 0.29) is 30.2 Å². The lowest BCUT2D eigenvalue weighted by molar-refractivity contribution is 0.0509. The quantitative estimate of drug-likeness (QED) is 0.815. The molecule has 1 heterocycles. The summed E-state index contributed by atoms with van der Waals surface area (Å²) < 4.78 is 35.6. The molecule has 0 amide bonds. The average Bonchev–Trinajstić information content (AvgIpc) is 2.36. The van der Waals surface area contributed by atoms with Gasteiger partial charge in [0.05, 0.1) is 13.7 Å². The number of rotatable bonds is 5. The predicted octanol–water partition coefficient (Wildman–Crippen LogP) is 1.66. The van der Waals surface area contributed by atoms with Crippen molar-refractivity contribution in [2.45, 2.75) is 19.9 Å². The highest BCUT2D eigenvalue weighted by Crippen LogP contribution is 2.31. The van der Waals surface area contributed by atoms with Crippen molar-refractivity contribution in [1.29, 1.82) is 0 Å². The minimum atomic E-state index is -2.86. The van der Waals surface area contributed by atoms with Gasteiger partial charge in [0, 0.05) is 18.3 Å². The smallest absolute Gasteiger partial charge is 0.344 e. The number of carbonyl (C=O) groups excluding carboxylic acids is 1. The molecule has 100 valence electrons. The molecule has 0 bridgehead atoms. The number of aromatic nitrogens is 1. The van der Waals surface area contributed by atoms with E-state index < -0.39 is 18.0 Å². The van der Waals surface area contributed by atoms with Gasteiger partial charge in [0.1, 0.15) is 5.56 Å². The number of ether oxygens (including phenoxy) is 2. The van der Waals surface area contributed by atoms with Gasteiger partial charge in [0.2, 0.25) is 5.88 Å². The van der Waals surface area contributed by atoms with Crippen LogP contribution in [0.2, 0.25) is 0 Å². The fourth-order valence-electron chi connectivity index (χ4n) is 1.51. The predicted molar refractivity (Wildman–Crippen MR) is 59.6 cm³/mol. The van der Waals surface area contributed by atoms with E-state index in [2.05, 4.69) is 4.98 Å².